The van der Waals surface area contributed by atoms with Crippen molar-refractivity contribution in [3.63, 3.8) is 0 Å². The number of ether oxygens (including phenoxy) is 1. The zero-order valence-corrected chi connectivity index (χ0v) is 11.2. The molecule has 0 aliphatic heterocycles. The van der Waals surface area contributed by atoms with Gasteiger partial charge in [-0.15, -0.1) is 0 Å². The molecule has 0 aromatic heterocycles. The molecule has 0 fully saturated rings. The number of esters is 1. The van der Waals surface area contributed by atoms with Crippen LogP contribution in [0.25, 0.3) is 0 Å². The molecule has 2 nitrogen and oxygen atoms in total. The molecule has 96 valence electrons. The van der Waals surface area contributed by atoms with Gasteiger partial charge < -0.3 is 4.74 Å². The first-order valence-electron chi connectivity index (χ1n) is 6.32. The Kier molecular flexibility index (Phi) is 9.50. The van der Waals surface area contributed by atoms with Crippen molar-refractivity contribution >= 4 is 5.97 Å². The zero-order valence-electron chi connectivity index (χ0n) is 11.2. The van der Waals surface area contributed by atoms with E-state index in [0.717, 1.165) is 19.3 Å². The number of hydrogen-bond acceptors (Lipinski definition) is 2. The van der Waals surface area contributed by atoms with Gasteiger partial charge in [0.05, 0.1) is 5.92 Å². The van der Waals surface area contributed by atoms with E-state index in [4.69, 9.17) is 11.7 Å². The van der Waals surface area contributed by atoms with Gasteiger partial charge in [0.1, 0.15) is 6.10 Å². The van der Waals surface area contributed by atoms with Crippen LogP contribution < -0.4 is 0 Å². The van der Waals surface area contributed by atoms with E-state index < -0.39 is 0 Å². The van der Waals surface area contributed by atoms with Gasteiger partial charge in [0, 0.05) is 12.8 Å². The molecule has 0 saturated heterocycles. The first-order chi connectivity index (χ1) is 8.11. The Morgan fingerprint density at radius 1 is 1.18 bits per heavy atom. The van der Waals surface area contributed by atoms with E-state index in [-0.39, 0.29) is 18.0 Å². The molecule has 2 heteroatoms. The van der Waals surface area contributed by atoms with E-state index in [1.165, 1.54) is 0 Å². The third kappa shape index (κ3) is 8.73. The van der Waals surface area contributed by atoms with Crippen LogP contribution in [0, 0.1) is 12.8 Å². The summed E-state index contributed by atoms with van der Waals surface area (Å²) < 4.78 is 5.42. The van der Waals surface area contributed by atoms with Gasteiger partial charge in [-0.05, 0) is 19.8 Å². The number of allylic oxidation sites excluding steroid dienone is 2. The summed E-state index contributed by atoms with van der Waals surface area (Å²) in [5.74, 6) is -0.216. The first-order valence-corrected chi connectivity index (χ1v) is 6.32. The van der Waals surface area contributed by atoms with Crippen molar-refractivity contribution in [1.29, 1.82) is 0 Å². The second-order valence-electron chi connectivity index (χ2n) is 4.27. The molecule has 0 bridgehead atoms. The monoisotopic (exact) mass is 236 g/mol. The van der Waals surface area contributed by atoms with E-state index in [0.29, 0.717) is 6.42 Å². The van der Waals surface area contributed by atoms with E-state index in [9.17, 15) is 4.79 Å². The smallest absolute Gasteiger partial charge is 0.308 e. The van der Waals surface area contributed by atoms with Gasteiger partial charge in [-0.25, -0.2) is 0 Å². The highest BCUT2D eigenvalue weighted by Gasteiger charge is 2.14. The second kappa shape index (κ2) is 10.1. The largest absolute Gasteiger partial charge is 0.462 e. The molecule has 17 heavy (non-hydrogen) atoms. The standard InChI is InChI=1S/C15H24O2/c1-5-7-9-11-14(12-10-8-6-2)17-15(16)13(3)4/h1,7-10,13-14H,5-6,11-12H2,2-4H3. The number of carbonyl (C=O) groups is 1. The summed E-state index contributed by atoms with van der Waals surface area (Å²) in [6.45, 7) is 11.1. The van der Waals surface area contributed by atoms with Gasteiger partial charge in [-0.2, -0.15) is 0 Å². The van der Waals surface area contributed by atoms with Crippen molar-refractivity contribution in [3.8, 4) is 0 Å². The van der Waals surface area contributed by atoms with Crippen LogP contribution in [0.3, 0.4) is 0 Å². The number of carbonyl (C=O) groups excluding carboxylic acids is 1. The Morgan fingerprint density at radius 3 is 2.24 bits per heavy atom. The molecule has 1 atom stereocenters. The van der Waals surface area contributed by atoms with Crippen LogP contribution in [0.5, 0.6) is 0 Å². The fourth-order valence-electron chi connectivity index (χ4n) is 1.25. The Labute approximate surface area is 106 Å². The minimum atomic E-state index is -0.138. The van der Waals surface area contributed by atoms with Crippen molar-refractivity contribution < 1.29 is 9.53 Å². The lowest BCUT2D eigenvalue weighted by atomic mass is 10.1. The minimum absolute atomic E-state index is 0.0736. The molecule has 0 rings (SSSR count). The fraction of sp³-hybridized carbons (Fsp3) is 0.600. The quantitative estimate of drug-likeness (QED) is 0.471. The average Bonchev–Trinajstić information content (AvgIpc) is 2.29. The highest BCUT2D eigenvalue weighted by atomic mass is 16.5. The predicted octanol–water partition coefficient (Wildman–Crippen LogP) is 3.96. The molecule has 0 N–H and O–H groups in total. The SMILES string of the molecule is [CH]CC=CCC(CC=CCC)OC(=O)C(C)C. The summed E-state index contributed by atoms with van der Waals surface area (Å²) in [6.07, 6.45) is 11.0. The second-order valence-corrected chi connectivity index (χ2v) is 4.27. The normalized spacial score (nSPS) is 13.7. The highest BCUT2D eigenvalue weighted by molar-refractivity contribution is 5.71. The summed E-state index contributed by atoms with van der Waals surface area (Å²) >= 11 is 0. The number of rotatable bonds is 8. The van der Waals surface area contributed by atoms with Crippen LogP contribution in [0.4, 0.5) is 0 Å². The molecule has 0 aromatic carbocycles. The number of hydrogen-bond donors (Lipinski definition) is 0. The summed E-state index contributed by atoms with van der Waals surface area (Å²) in [7, 11) is 0. The van der Waals surface area contributed by atoms with Gasteiger partial charge in [0.25, 0.3) is 0 Å². The Morgan fingerprint density at radius 2 is 1.76 bits per heavy atom. The lowest BCUT2D eigenvalue weighted by molar-refractivity contribution is -0.152. The van der Waals surface area contributed by atoms with Crippen molar-refractivity contribution in [2.75, 3.05) is 0 Å². The predicted molar refractivity (Wildman–Crippen MR) is 71.4 cm³/mol. The maximum atomic E-state index is 11.5. The summed E-state index contributed by atoms with van der Waals surface area (Å²) in [6, 6.07) is 0. The Bertz CT molecular complexity index is 236. The van der Waals surface area contributed by atoms with Gasteiger partial charge in [-0.3, -0.25) is 4.79 Å². The third-order valence-electron chi connectivity index (χ3n) is 2.26. The van der Waals surface area contributed by atoms with Crippen molar-refractivity contribution in [1.82, 2.24) is 0 Å². The molecule has 1 unspecified atom stereocenters. The van der Waals surface area contributed by atoms with Gasteiger partial charge >= 0.3 is 5.97 Å². The highest BCUT2D eigenvalue weighted by Crippen LogP contribution is 2.10. The van der Waals surface area contributed by atoms with E-state index >= 15 is 0 Å². The molecular formula is C15H24O2. The van der Waals surface area contributed by atoms with Crippen molar-refractivity contribution in [2.24, 2.45) is 5.92 Å². The van der Waals surface area contributed by atoms with Crippen LogP contribution in [0.2, 0.25) is 0 Å². The third-order valence-corrected chi connectivity index (χ3v) is 2.26. The van der Waals surface area contributed by atoms with Crippen molar-refractivity contribution in [2.45, 2.75) is 52.6 Å². The van der Waals surface area contributed by atoms with Crippen molar-refractivity contribution in [3.05, 3.63) is 31.2 Å². The lowest BCUT2D eigenvalue weighted by Crippen LogP contribution is -2.20. The molecular weight excluding hydrogens is 212 g/mol. The van der Waals surface area contributed by atoms with Crippen LogP contribution in [-0.4, -0.2) is 12.1 Å². The molecule has 0 amide bonds. The van der Waals surface area contributed by atoms with Gasteiger partial charge in [0.2, 0.25) is 0 Å². The molecule has 0 aromatic rings. The fourth-order valence-corrected chi connectivity index (χ4v) is 1.25. The van der Waals surface area contributed by atoms with Crippen LogP contribution in [0.1, 0.15) is 46.5 Å². The average molecular weight is 236 g/mol. The van der Waals surface area contributed by atoms with Gasteiger partial charge in [-0.1, -0.05) is 45.1 Å². The summed E-state index contributed by atoms with van der Waals surface area (Å²) in [4.78, 5) is 11.5. The topological polar surface area (TPSA) is 26.3 Å². The lowest BCUT2D eigenvalue weighted by Gasteiger charge is -2.16. The molecule has 0 heterocycles. The molecule has 2 radical (unpaired) electrons. The Balaban J connectivity index is 4.23. The van der Waals surface area contributed by atoms with Crippen LogP contribution >= 0.6 is 0 Å². The molecule has 0 saturated carbocycles. The van der Waals surface area contributed by atoms with E-state index in [2.05, 4.69) is 19.1 Å². The minimum Gasteiger partial charge on any atom is -0.462 e. The molecule has 0 aliphatic carbocycles. The molecule has 0 spiro atoms. The zero-order chi connectivity index (χ0) is 13.1. The Hall–Kier alpha value is -1.05. The first kappa shape index (κ1) is 16.0. The maximum absolute atomic E-state index is 11.5. The van der Waals surface area contributed by atoms with Crippen LogP contribution in [-0.2, 0) is 9.53 Å². The van der Waals surface area contributed by atoms with E-state index in [1.54, 1.807) is 0 Å². The maximum Gasteiger partial charge on any atom is 0.308 e. The van der Waals surface area contributed by atoms with Gasteiger partial charge in [0.15, 0.2) is 0 Å². The van der Waals surface area contributed by atoms with E-state index in [1.807, 2.05) is 26.0 Å². The molecule has 0 aliphatic rings. The summed E-state index contributed by atoms with van der Waals surface area (Å²) in [5.41, 5.74) is 0. The van der Waals surface area contributed by atoms with Crippen LogP contribution in [0.15, 0.2) is 24.3 Å². The summed E-state index contributed by atoms with van der Waals surface area (Å²) in [5, 5.41) is 0.